The molecule has 8 nitrogen and oxygen atoms in total. The first-order chi connectivity index (χ1) is 17.1. The van der Waals surface area contributed by atoms with E-state index in [9.17, 15) is 14.4 Å². The largest absolute Gasteiger partial charge is 0.423 e. The lowest BCUT2D eigenvalue weighted by molar-refractivity contribution is -0.133. The van der Waals surface area contributed by atoms with Crippen molar-refractivity contribution in [3.05, 3.63) is 78.4 Å². The van der Waals surface area contributed by atoms with Crippen molar-refractivity contribution in [1.82, 2.24) is 0 Å². The summed E-state index contributed by atoms with van der Waals surface area (Å²) in [7, 11) is 2.90. The summed E-state index contributed by atoms with van der Waals surface area (Å²) in [6.07, 6.45) is 0.619. The van der Waals surface area contributed by atoms with Gasteiger partial charge in [0.2, 0.25) is 0 Å². The quantitative estimate of drug-likeness (QED) is 0.240. The van der Waals surface area contributed by atoms with Crippen molar-refractivity contribution in [2.24, 2.45) is 0 Å². The minimum absolute atomic E-state index is 0.00655. The molecule has 0 aliphatic carbocycles. The molecule has 2 aromatic carbocycles. The van der Waals surface area contributed by atoms with Gasteiger partial charge in [-0.1, -0.05) is 38.8 Å². The molecule has 190 valence electrons. The van der Waals surface area contributed by atoms with Gasteiger partial charge in [0.25, 0.3) is 0 Å². The summed E-state index contributed by atoms with van der Waals surface area (Å²) in [4.78, 5) is 36.7. The maximum atomic E-state index is 12.3. The van der Waals surface area contributed by atoms with Crippen LogP contribution in [0.25, 0.3) is 11.1 Å². The first kappa shape index (κ1) is 28.2. The summed E-state index contributed by atoms with van der Waals surface area (Å²) in [5.74, 6) is -1.54. The Labute approximate surface area is 210 Å². The standard InChI is InChI=1S/C28H30O8/c1-8-20-13-22(34-27(30)18(4)15-32-6)10-11-23(20)21-9-12-24(35-28(31)19(5)16-33-7)25(14-21)36-26(29)17(2)3/h9-14H,2,4-5,8,15-16H2,1,3,6-7H3. The van der Waals surface area contributed by atoms with Gasteiger partial charge in [-0.05, 0) is 54.3 Å². The van der Waals surface area contributed by atoms with Gasteiger partial charge in [0, 0.05) is 19.8 Å². The van der Waals surface area contributed by atoms with Gasteiger partial charge in [-0.25, -0.2) is 14.4 Å². The van der Waals surface area contributed by atoms with E-state index in [0.29, 0.717) is 17.7 Å². The summed E-state index contributed by atoms with van der Waals surface area (Å²) in [6.45, 7) is 14.4. The normalized spacial score (nSPS) is 10.3. The third-order valence-electron chi connectivity index (χ3n) is 4.89. The molecule has 0 radical (unpaired) electrons. The zero-order valence-electron chi connectivity index (χ0n) is 21.0. The van der Waals surface area contributed by atoms with E-state index in [-0.39, 0.29) is 41.4 Å². The molecule has 0 aliphatic rings. The van der Waals surface area contributed by atoms with Crippen LogP contribution in [-0.2, 0) is 30.3 Å². The fraction of sp³-hybridized carbons (Fsp3) is 0.250. The van der Waals surface area contributed by atoms with Gasteiger partial charge in [-0.2, -0.15) is 0 Å². The Balaban J connectivity index is 2.43. The Bertz CT molecular complexity index is 1190. The molecule has 0 unspecified atom stereocenters. The molecular formula is C28H30O8. The third kappa shape index (κ3) is 7.49. The number of hydrogen-bond donors (Lipinski definition) is 0. The highest BCUT2D eigenvalue weighted by Gasteiger charge is 2.19. The van der Waals surface area contributed by atoms with Crippen LogP contribution < -0.4 is 14.2 Å². The molecule has 2 rings (SSSR count). The maximum absolute atomic E-state index is 12.3. The molecule has 0 atom stereocenters. The van der Waals surface area contributed by atoms with Gasteiger partial charge >= 0.3 is 17.9 Å². The lowest BCUT2D eigenvalue weighted by Crippen LogP contribution is -2.16. The number of esters is 3. The average molecular weight is 495 g/mol. The number of rotatable bonds is 12. The number of carbonyl (C=O) groups is 3. The summed E-state index contributed by atoms with van der Waals surface area (Å²) in [6, 6.07) is 10.0. The Morgan fingerprint density at radius 3 is 1.89 bits per heavy atom. The second-order valence-electron chi connectivity index (χ2n) is 7.86. The summed E-state index contributed by atoms with van der Waals surface area (Å²) < 4.78 is 26.1. The summed E-state index contributed by atoms with van der Waals surface area (Å²) in [5, 5.41) is 0. The van der Waals surface area contributed by atoms with Gasteiger partial charge in [0.15, 0.2) is 11.5 Å². The predicted octanol–water partition coefficient (Wildman–Crippen LogP) is 4.61. The van der Waals surface area contributed by atoms with Crippen molar-refractivity contribution in [1.29, 1.82) is 0 Å². The molecule has 8 heteroatoms. The third-order valence-corrected chi connectivity index (χ3v) is 4.89. The van der Waals surface area contributed by atoms with Crippen LogP contribution in [0.4, 0.5) is 0 Å². The molecular weight excluding hydrogens is 464 g/mol. The van der Waals surface area contributed by atoms with E-state index in [0.717, 1.165) is 11.1 Å². The molecule has 0 N–H and O–H groups in total. The van der Waals surface area contributed by atoms with Crippen molar-refractivity contribution in [3.8, 4) is 28.4 Å². The number of carbonyl (C=O) groups excluding carboxylic acids is 3. The number of aryl methyl sites for hydroxylation is 1. The molecule has 36 heavy (non-hydrogen) atoms. The van der Waals surface area contributed by atoms with Crippen LogP contribution in [0.1, 0.15) is 19.4 Å². The van der Waals surface area contributed by atoms with Crippen LogP contribution in [0.3, 0.4) is 0 Å². The van der Waals surface area contributed by atoms with Crippen LogP contribution in [-0.4, -0.2) is 45.3 Å². The highest BCUT2D eigenvalue weighted by atomic mass is 16.6. The highest BCUT2D eigenvalue weighted by molar-refractivity contribution is 5.92. The van der Waals surface area contributed by atoms with Gasteiger partial charge in [-0.15, -0.1) is 0 Å². The van der Waals surface area contributed by atoms with Gasteiger partial charge < -0.3 is 23.7 Å². The lowest BCUT2D eigenvalue weighted by atomic mass is 9.97. The van der Waals surface area contributed by atoms with Crippen molar-refractivity contribution < 1.29 is 38.1 Å². The zero-order valence-corrected chi connectivity index (χ0v) is 21.0. The van der Waals surface area contributed by atoms with Crippen LogP contribution >= 0.6 is 0 Å². The molecule has 0 saturated heterocycles. The van der Waals surface area contributed by atoms with E-state index in [4.69, 9.17) is 23.7 Å². The minimum atomic E-state index is -0.715. The van der Waals surface area contributed by atoms with Gasteiger partial charge in [-0.3, -0.25) is 0 Å². The van der Waals surface area contributed by atoms with Gasteiger partial charge in [0.1, 0.15) is 5.75 Å². The summed E-state index contributed by atoms with van der Waals surface area (Å²) in [5.41, 5.74) is 2.84. The Morgan fingerprint density at radius 1 is 0.750 bits per heavy atom. The van der Waals surface area contributed by atoms with Crippen LogP contribution in [0.5, 0.6) is 17.2 Å². The number of benzene rings is 2. The van der Waals surface area contributed by atoms with E-state index in [1.807, 2.05) is 6.92 Å². The fourth-order valence-electron chi connectivity index (χ4n) is 3.05. The summed E-state index contributed by atoms with van der Waals surface area (Å²) >= 11 is 0. The molecule has 0 aliphatic heterocycles. The molecule has 0 bridgehead atoms. The average Bonchev–Trinajstić information content (AvgIpc) is 2.85. The van der Waals surface area contributed by atoms with E-state index >= 15 is 0 Å². The first-order valence-corrected chi connectivity index (χ1v) is 11.0. The van der Waals surface area contributed by atoms with Gasteiger partial charge in [0.05, 0.1) is 24.4 Å². The second kappa shape index (κ2) is 13.2. The molecule has 0 saturated carbocycles. The van der Waals surface area contributed by atoms with Crippen molar-refractivity contribution in [2.45, 2.75) is 20.3 Å². The minimum Gasteiger partial charge on any atom is -0.423 e. The predicted molar refractivity (Wildman–Crippen MR) is 135 cm³/mol. The number of hydrogen-bond acceptors (Lipinski definition) is 8. The second-order valence-corrected chi connectivity index (χ2v) is 7.86. The number of methoxy groups -OCH3 is 2. The molecule has 0 spiro atoms. The van der Waals surface area contributed by atoms with Crippen LogP contribution in [0, 0.1) is 0 Å². The Kier molecular flexibility index (Phi) is 10.3. The molecule has 0 amide bonds. The molecule has 0 fully saturated rings. The van der Waals surface area contributed by atoms with E-state index in [1.165, 1.54) is 27.2 Å². The number of ether oxygens (including phenoxy) is 5. The Hall–Kier alpha value is -4.01. The van der Waals surface area contributed by atoms with Crippen LogP contribution in [0.15, 0.2) is 72.9 Å². The van der Waals surface area contributed by atoms with E-state index in [2.05, 4.69) is 19.7 Å². The monoisotopic (exact) mass is 494 g/mol. The SMILES string of the molecule is C=C(C)C(=O)Oc1cc(-c2ccc(OC(=O)C(=C)COC)cc2CC)ccc1OC(=O)C(=C)COC. The Morgan fingerprint density at radius 2 is 1.33 bits per heavy atom. The van der Waals surface area contributed by atoms with E-state index < -0.39 is 17.9 Å². The fourth-order valence-corrected chi connectivity index (χ4v) is 3.05. The zero-order chi connectivity index (χ0) is 26.8. The smallest absolute Gasteiger partial charge is 0.341 e. The maximum Gasteiger partial charge on any atom is 0.341 e. The highest BCUT2D eigenvalue weighted by Crippen LogP contribution is 2.36. The van der Waals surface area contributed by atoms with Crippen molar-refractivity contribution in [3.63, 3.8) is 0 Å². The molecule has 0 aromatic heterocycles. The van der Waals surface area contributed by atoms with Crippen molar-refractivity contribution >= 4 is 17.9 Å². The molecule has 2 aromatic rings. The molecule has 0 heterocycles. The van der Waals surface area contributed by atoms with Crippen LogP contribution in [0.2, 0.25) is 0 Å². The van der Waals surface area contributed by atoms with E-state index in [1.54, 1.807) is 30.3 Å². The van der Waals surface area contributed by atoms with Crippen molar-refractivity contribution in [2.75, 3.05) is 27.4 Å². The topological polar surface area (TPSA) is 97.4 Å². The lowest BCUT2D eigenvalue weighted by Gasteiger charge is -2.15. The first-order valence-electron chi connectivity index (χ1n) is 11.0.